The number of urea groups is 1. The number of hydrogen-bond acceptors (Lipinski definition) is 3. The van der Waals surface area contributed by atoms with E-state index >= 15 is 0 Å². The summed E-state index contributed by atoms with van der Waals surface area (Å²) in [6.07, 6.45) is 5.00. The smallest absolute Gasteiger partial charge is 0.317 e. The molecule has 3 rings (SSSR count). The fraction of sp³-hybridized carbons (Fsp3) is 0.526. The lowest BCUT2D eigenvalue weighted by Gasteiger charge is -2.33. The van der Waals surface area contributed by atoms with Crippen molar-refractivity contribution in [2.24, 2.45) is 5.92 Å². The molecular weight excluding hydrogens is 314 g/mol. The van der Waals surface area contributed by atoms with E-state index in [0.717, 1.165) is 44.6 Å². The number of carbonyl (C=O) groups excluding carboxylic acids is 1. The molecule has 2 heterocycles. The molecule has 1 aromatic carbocycles. The highest BCUT2D eigenvalue weighted by molar-refractivity contribution is 5.74. The average Bonchev–Trinajstić information content (AvgIpc) is 3.02. The maximum absolute atomic E-state index is 12.2. The van der Waals surface area contributed by atoms with Gasteiger partial charge in [0.1, 0.15) is 0 Å². The van der Waals surface area contributed by atoms with Crippen LogP contribution >= 0.6 is 0 Å². The van der Waals surface area contributed by atoms with Crippen LogP contribution in [0.15, 0.2) is 36.5 Å². The monoisotopic (exact) mass is 341 g/mol. The van der Waals surface area contributed by atoms with E-state index in [-0.39, 0.29) is 12.1 Å². The van der Waals surface area contributed by atoms with E-state index in [1.54, 1.807) is 0 Å². The zero-order valence-corrected chi connectivity index (χ0v) is 15.1. The van der Waals surface area contributed by atoms with Crippen LogP contribution in [0.2, 0.25) is 0 Å². The maximum Gasteiger partial charge on any atom is 0.317 e. The number of rotatable bonds is 5. The van der Waals surface area contributed by atoms with Crippen molar-refractivity contribution in [2.45, 2.75) is 45.7 Å². The Balaban J connectivity index is 1.54. The van der Waals surface area contributed by atoms with Gasteiger partial charge in [-0.05, 0) is 38.2 Å². The Morgan fingerprint density at radius 2 is 2.12 bits per heavy atom. The normalized spacial score (nSPS) is 17.7. The Labute approximate surface area is 149 Å². The minimum Gasteiger partial charge on any atom is -0.336 e. The molecule has 0 radical (unpaired) electrons. The summed E-state index contributed by atoms with van der Waals surface area (Å²) in [5.74, 6) is 0.429. The van der Waals surface area contributed by atoms with Crippen molar-refractivity contribution in [3.63, 3.8) is 0 Å². The van der Waals surface area contributed by atoms with Crippen molar-refractivity contribution in [3.8, 4) is 0 Å². The zero-order chi connectivity index (χ0) is 17.6. The lowest BCUT2D eigenvalue weighted by Crippen LogP contribution is -2.48. The largest absolute Gasteiger partial charge is 0.336 e. The number of likely N-dealkylation sites (tertiary alicyclic amines) is 1. The Hall–Kier alpha value is -2.37. The second kappa shape index (κ2) is 8.14. The first-order valence-electron chi connectivity index (χ1n) is 9.08. The van der Waals surface area contributed by atoms with Gasteiger partial charge in [-0.15, -0.1) is 5.10 Å². The summed E-state index contributed by atoms with van der Waals surface area (Å²) < 4.78 is 1.92. The Bertz CT molecular complexity index is 682. The van der Waals surface area contributed by atoms with Crippen molar-refractivity contribution in [1.29, 1.82) is 0 Å². The average molecular weight is 341 g/mol. The van der Waals surface area contributed by atoms with Crippen LogP contribution in [-0.2, 0) is 13.0 Å². The lowest BCUT2D eigenvalue weighted by molar-refractivity contribution is 0.155. The van der Waals surface area contributed by atoms with Crippen molar-refractivity contribution in [3.05, 3.63) is 47.8 Å². The predicted molar refractivity (Wildman–Crippen MR) is 97.2 cm³/mol. The topological polar surface area (TPSA) is 63.1 Å². The number of piperidine rings is 1. The first kappa shape index (κ1) is 17.5. The summed E-state index contributed by atoms with van der Waals surface area (Å²) in [5.41, 5.74) is 2.22. The molecule has 2 amide bonds. The van der Waals surface area contributed by atoms with E-state index in [1.165, 1.54) is 5.56 Å². The molecule has 0 spiro atoms. The lowest BCUT2D eigenvalue weighted by atomic mass is 9.98. The molecule has 25 heavy (non-hydrogen) atoms. The van der Waals surface area contributed by atoms with Crippen LogP contribution in [0.5, 0.6) is 0 Å². The second-order valence-corrected chi connectivity index (χ2v) is 7.15. The summed E-state index contributed by atoms with van der Waals surface area (Å²) >= 11 is 0. The fourth-order valence-electron chi connectivity index (χ4n) is 3.32. The number of benzene rings is 1. The van der Waals surface area contributed by atoms with Crippen LogP contribution in [0.1, 0.15) is 37.9 Å². The van der Waals surface area contributed by atoms with Crippen molar-refractivity contribution in [2.75, 3.05) is 13.1 Å². The molecular formula is C19H27N5O. The highest BCUT2D eigenvalue weighted by atomic mass is 16.2. The van der Waals surface area contributed by atoms with Crippen LogP contribution in [-0.4, -0.2) is 45.1 Å². The maximum atomic E-state index is 12.2. The summed E-state index contributed by atoms with van der Waals surface area (Å²) in [7, 11) is 0. The Morgan fingerprint density at radius 3 is 2.88 bits per heavy atom. The molecule has 1 unspecified atom stereocenters. The number of amides is 2. The molecule has 0 saturated carbocycles. The molecule has 1 saturated heterocycles. The molecule has 0 aliphatic carbocycles. The van der Waals surface area contributed by atoms with E-state index in [4.69, 9.17) is 0 Å². The Kier molecular flexibility index (Phi) is 5.68. The van der Waals surface area contributed by atoms with Gasteiger partial charge in [0.2, 0.25) is 0 Å². The SMILES string of the molecule is CC(C)NC(=O)N1CCCC(Cn2cc(Cc3ccccc3)nn2)C1. The third-order valence-corrected chi connectivity index (χ3v) is 4.48. The molecule has 1 aliphatic heterocycles. The van der Waals surface area contributed by atoms with Gasteiger partial charge in [0.25, 0.3) is 0 Å². The minimum absolute atomic E-state index is 0.0445. The van der Waals surface area contributed by atoms with E-state index in [1.807, 2.05) is 47.8 Å². The number of nitrogens with one attached hydrogen (secondary N) is 1. The molecule has 6 heteroatoms. The standard InChI is InChI=1S/C19H27N5O/c1-15(2)20-19(25)23-10-6-9-17(12-23)13-24-14-18(21-22-24)11-16-7-4-3-5-8-16/h3-5,7-8,14-15,17H,6,9-13H2,1-2H3,(H,20,25). The fourth-order valence-corrected chi connectivity index (χ4v) is 3.32. The van der Waals surface area contributed by atoms with Crippen LogP contribution in [0.4, 0.5) is 4.79 Å². The van der Waals surface area contributed by atoms with Gasteiger partial charge in [-0.3, -0.25) is 4.68 Å². The van der Waals surface area contributed by atoms with Gasteiger partial charge >= 0.3 is 6.03 Å². The van der Waals surface area contributed by atoms with Crippen LogP contribution in [0.25, 0.3) is 0 Å². The van der Waals surface area contributed by atoms with Crippen molar-refractivity contribution in [1.82, 2.24) is 25.2 Å². The molecule has 1 atom stereocenters. The Morgan fingerprint density at radius 1 is 1.32 bits per heavy atom. The van der Waals surface area contributed by atoms with Crippen LogP contribution in [0.3, 0.4) is 0 Å². The number of nitrogens with zero attached hydrogens (tertiary/aromatic N) is 4. The number of aromatic nitrogens is 3. The minimum atomic E-state index is 0.0445. The second-order valence-electron chi connectivity index (χ2n) is 7.15. The van der Waals surface area contributed by atoms with Gasteiger partial charge in [-0.25, -0.2) is 4.79 Å². The van der Waals surface area contributed by atoms with Gasteiger partial charge in [-0.2, -0.15) is 0 Å². The van der Waals surface area contributed by atoms with Gasteiger partial charge in [0.05, 0.1) is 5.69 Å². The molecule has 134 valence electrons. The number of carbonyl (C=O) groups is 1. The number of hydrogen-bond donors (Lipinski definition) is 1. The first-order valence-corrected chi connectivity index (χ1v) is 9.08. The summed E-state index contributed by atoms with van der Waals surface area (Å²) in [4.78, 5) is 14.1. The van der Waals surface area contributed by atoms with Gasteiger partial charge in [0, 0.05) is 38.3 Å². The van der Waals surface area contributed by atoms with Gasteiger partial charge < -0.3 is 10.2 Å². The molecule has 1 N–H and O–H groups in total. The summed E-state index contributed by atoms with van der Waals surface area (Å²) in [5, 5.41) is 11.5. The third-order valence-electron chi connectivity index (χ3n) is 4.48. The van der Waals surface area contributed by atoms with E-state index in [0.29, 0.717) is 5.92 Å². The van der Waals surface area contributed by atoms with E-state index in [2.05, 4.69) is 27.8 Å². The third kappa shape index (κ3) is 5.05. The molecule has 1 fully saturated rings. The van der Waals surface area contributed by atoms with Crippen molar-refractivity contribution >= 4 is 6.03 Å². The van der Waals surface area contributed by atoms with E-state index in [9.17, 15) is 4.79 Å². The summed E-state index contributed by atoms with van der Waals surface area (Å²) in [6, 6.07) is 10.5. The summed E-state index contributed by atoms with van der Waals surface area (Å²) in [6.45, 7) is 6.41. The molecule has 0 bridgehead atoms. The van der Waals surface area contributed by atoms with Crippen LogP contribution in [0, 0.1) is 5.92 Å². The molecule has 1 aliphatic rings. The van der Waals surface area contributed by atoms with Gasteiger partial charge in [0.15, 0.2) is 0 Å². The zero-order valence-electron chi connectivity index (χ0n) is 15.1. The highest BCUT2D eigenvalue weighted by Gasteiger charge is 2.24. The first-order chi connectivity index (χ1) is 12.1. The quantitative estimate of drug-likeness (QED) is 0.909. The predicted octanol–water partition coefficient (Wildman–Crippen LogP) is 2.70. The van der Waals surface area contributed by atoms with Crippen molar-refractivity contribution < 1.29 is 4.79 Å². The highest BCUT2D eigenvalue weighted by Crippen LogP contribution is 2.18. The molecule has 6 nitrogen and oxygen atoms in total. The van der Waals surface area contributed by atoms with Gasteiger partial charge in [-0.1, -0.05) is 35.5 Å². The molecule has 1 aromatic heterocycles. The van der Waals surface area contributed by atoms with Crippen LogP contribution < -0.4 is 5.32 Å². The van der Waals surface area contributed by atoms with E-state index < -0.39 is 0 Å². The molecule has 2 aromatic rings.